The number of hydrogen-bond acceptors (Lipinski definition) is 3. The van der Waals surface area contributed by atoms with Crippen molar-refractivity contribution in [1.82, 2.24) is 10.6 Å². The molecule has 0 heterocycles. The minimum atomic E-state index is -0.706. The molecule has 3 unspecified atom stereocenters. The van der Waals surface area contributed by atoms with E-state index in [0.29, 0.717) is 24.4 Å². The summed E-state index contributed by atoms with van der Waals surface area (Å²) in [6.07, 6.45) is 4.29. The third-order valence-electron chi connectivity index (χ3n) is 4.79. The van der Waals surface area contributed by atoms with E-state index in [2.05, 4.69) is 29.7 Å². The van der Waals surface area contributed by atoms with Crippen molar-refractivity contribution in [1.29, 1.82) is 0 Å². The van der Waals surface area contributed by atoms with E-state index in [0.717, 1.165) is 43.9 Å². The molecule has 0 aromatic heterocycles. The average molecular weight is 380 g/mol. The van der Waals surface area contributed by atoms with Gasteiger partial charge in [-0.25, -0.2) is 4.99 Å². The van der Waals surface area contributed by atoms with Gasteiger partial charge in [0.15, 0.2) is 5.96 Å². The zero-order valence-electron chi connectivity index (χ0n) is 16.3. The van der Waals surface area contributed by atoms with Crippen LogP contribution in [0.15, 0.2) is 29.3 Å². The summed E-state index contributed by atoms with van der Waals surface area (Å²) in [4.78, 5) is 4.77. The molecule has 0 aliphatic heterocycles. The minimum absolute atomic E-state index is 0.316. The summed E-state index contributed by atoms with van der Waals surface area (Å²) < 4.78 is 17.4. The molecule has 1 fully saturated rings. The van der Waals surface area contributed by atoms with Gasteiger partial charge in [-0.3, -0.25) is 4.21 Å². The van der Waals surface area contributed by atoms with Crippen molar-refractivity contribution < 1.29 is 8.95 Å². The van der Waals surface area contributed by atoms with Crippen molar-refractivity contribution in [3.63, 3.8) is 0 Å². The molecule has 2 rings (SSSR count). The number of methoxy groups -OCH3 is 1. The molecule has 0 saturated heterocycles. The van der Waals surface area contributed by atoms with Crippen LogP contribution in [0, 0.1) is 0 Å². The van der Waals surface area contributed by atoms with E-state index < -0.39 is 10.8 Å². The number of hydrogen-bond donors (Lipinski definition) is 2. The third kappa shape index (κ3) is 6.40. The lowest BCUT2D eigenvalue weighted by molar-refractivity contribution is 0.184. The predicted molar refractivity (Wildman–Crippen MR) is 110 cm³/mol. The molecule has 1 aromatic rings. The van der Waals surface area contributed by atoms with Crippen molar-refractivity contribution in [3.8, 4) is 0 Å². The second-order valence-corrected chi connectivity index (χ2v) is 8.70. The van der Waals surface area contributed by atoms with Crippen molar-refractivity contribution in [2.75, 3.05) is 19.4 Å². The van der Waals surface area contributed by atoms with E-state index in [4.69, 9.17) is 9.73 Å². The quantitative estimate of drug-likeness (QED) is 0.538. The fraction of sp³-hybridized carbons (Fsp3) is 0.650. The topological polar surface area (TPSA) is 62.7 Å². The Bertz CT molecular complexity index is 606. The first-order chi connectivity index (χ1) is 12.7. The Morgan fingerprint density at radius 3 is 2.73 bits per heavy atom. The van der Waals surface area contributed by atoms with Crippen molar-refractivity contribution >= 4 is 16.8 Å². The number of nitrogens with one attached hydrogen (secondary N) is 2. The number of nitrogens with zero attached hydrogens (tertiary/aromatic N) is 1. The van der Waals surface area contributed by atoms with Gasteiger partial charge < -0.3 is 15.4 Å². The summed E-state index contributed by atoms with van der Waals surface area (Å²) >= 11 is 0. The van der Waals surface area contributed by atoms with Crippen LogP contribution in [0.1, 0.15) is 50.7 Å². The Labute approximate surface area is 160 Å². The smallest absolute Gasteiger partial charge is 0.191 e. The van der Waals surface area contributed by atoms with Crippen LogP contribution in [0.25, 0.3) is 0 Å². The summed E-state index contributed by atoms with van der Waals surface area (Å²) in [5.74, 6) is 1.59. The average Bonchev–Trinajstić information content (AvgIpc) is 2.67. The van der Waals surface area contributed by atoms with Crippen LogP contribution in [-0.4, -0.2) is 40.9 Å². The minimum Gasteiger partial charge on any atom is -0.380 e. The first kappa shape index (κ1) is 20.9. The maximum atomic E-state index is 12.2. The lowest BCUT2D eigenvalue weighted by Gasteiger charge is -2.30. The molecule has 26 heavy (non-hydrogen) atoms. The molecule has 1 saturated carbocycles. The molecule has 6 heteroatoms. The second kappa shape index (κ2) is 11.3. The normalized spacial score (nSPS) is 22.0. The van der Waals surface area contributed by atoms with Crippen LogP contribution < -0.4 is 10.6 Å². The van der Waals surface area contributed by atoms with Gasteiger partial charge in [0, 0.05) is 41.5 Å². The first-order valence-electron chi connectivity index (χ1n) is 9.65. The first-order valence-corrected chi connectivity index (χ1v) is 11.0. The molecular weight excluding hydrogens is 346 g/mol. The van der Waals surface area contributed by atoms with Crippen LogP contribution in [0.4, 0.5) is 0 Å². The lowest BCUT2D eigenvalue weighted by Crippen LogP contribution is -2.46. The summed E-state index contributed by atoms with van der Waals surface area (Å²) in [5.41, 5.74) is 2.35. The van der Waals surface area contributed by atoms with Gasteiger partial charge in [0.2, 0.25) is 0 Å². The SMILES string of the molecule is CCNC(=NCc1ccccc1COC)NC1CCCC(S(=O)CC)C1. The standard InChI is InChI=1S/C20H33N3O2S/c1-4-21-20(22-14-16-9-6-7-10-17(16)15-25-3)23-18-11-8-12-19(13-18)26(24)5-2/h6-7,9-10,18-19H,4-5,8,11-15H2,1-3H3,(H2,21,22,23). The molecule has 3 atom stereocenters. The zero-order chi connectivity index (χ0) is 18.8. The van der Waals surface area contributed by atoms with E-state index >= 15 is 0 Å². The van der Waals surface area contributed by atoms with Gasteiger partial charge >= 0.3 is 0 Å². The molecule has 0 spiro atoms. The van der Waals surface area contributed by atoms with Gasteiger partial charge in [-0.05, 0) is 37.3 Å². The predicted octanol–water partition coefficient (Wildman–Crippen LogP) is 2.97. The largest absolute Gasteiger partial charge is 0.380 e. The highest BCUT2D eigenvalue weighted by Gasteiger charge is 2.26. The molecule has 5 nitrogen and oxygen atoms in total. The van der Waals surface area contributed by atoms with Crippen LogP contribution in [0.2, 0.25) is 0 Å². The zero-order valence-corrected chi connectivity index (χ0v) is 17.1. The summed E-state index contributed by atoms with van der Waals surface area (Å²) in [5, 5.41) is 7.22. The molecule has 2 N–H and O–H groups in total. The van der Waals surface area contributed by atoms with E-state index in [1.807, 2.05) is 19.1 Å². The summed E-state index contributed by atoms with van der Waals surface area (Å²) in [6, 6.07) is 8.59. The highest BCUT2D eigenvalue weighted by Crippen LogP contribution is 2.23. The molecule has 146 valence electrons. The molecule has 0 amide bonds. The van der Waals surface area contributed by atoms with E-state index in [1.54, 1.807) is 7.11 Å². The Kier molecular flexibility index (Phi) is 9.12. The van der Waals surface area contributed by atoms with Gasteiger partial charge in [-0.15, -0.1) is 0 Å². The van der Waals surface area contributed by atoms with Gasteiger partial charge in [-0.1, -0.05) is 37.6 Å². The summed E-state index contributed by atoms with van der Waals surface area (Å²) in [6.45, 7) is 6.12. The van der Waals surface area contributed by atoms with Crippen LogP contribution in [0.5, 0.6) is 0 Å². The van der Waals surface area contributed by atoms with E-state index in [9.17, 15) is 4.21 Å². The molecule has 1 aliphatic carbocycles. The van der Waals surface area contributed by atoms with Crippen molar-refractivity contribution in [2.45, 2.75) is 64.0 Å². The Hall–Kier alpha value is -1.40. The van der Waals surface area contributed by atoms with Crippen LogP contribution in [0.3, 0.4) is 0 Å². The number of ether oxygens (including phenoxy) is 1. The Balaban J connectivity index is 2.01. The van der Waals surface area contributed by atoms with E-state index in [-0.39, 0.29) is 0 Å². The number of rotatable bonds is 8. The van der Waals surface area contributed by atoms with Gasteiger partial charge in [0.05, 0.1) is 13.2 Å². The molecule has 0 bridgehead atoms. The Morgan fingerprint density at radius 1 is 1.27 bits per heavy atom. The van der Waals surface area contributed by atoms with E-state index in [1.165, 1.54) is 11.1 Å². The van der Waals surface area contributed by atoms with Gasteiger partial charge in [0.25, 0.3) is 0 Å². The fourth-order valence-electron chi connectivity index (χ4n) is 3.44. The monoisotopic (exact) mass is 379 g/mol. The third-order valence-corrected chi connectivity index (χ3v) is 6.53. The number of benzene rings is 1. The highest BCUT2D eigenvalue weighted by atomic mass is 32.2. The lowest BCUT2D eigenvalue weighted by atomic mass is 9.95. The van der Waals surface area contributed by atoms with Crippen LogP contribution in [-0.2, 0) is 28.7 Å². The van der Waals surface area contributed by atoms with Crippen LogP contribution >= 0.6 is 0 Å². The van der Waals surface area contributed by atoms with Crippen molar-refractivity contribution in [3.05, 3.63) is 35.4 Å². The Morgan fingerprint density at radius 2 is 2.04 bits per heavy atom. The molecule has 1 aromatic carbocycles. The molecule has 0 radical (unpaired) electrons. The second-order valence-electron chi connectivity index (χ2n) is 6.70. The number of guanidine groups is 1. The maximum absolute atomic E-state index is 12.2. The fourth-order valence-corrected chi connectivity index (χ4v) is 4.78. The van der Waals surface area contributed by atoms with Gasteiger partial charge in [-0.2, -0.15) is 0 Å². The van der Waals surface area contributed by atoms with Crippen molar-refractivity contribution in [2.24, 2.45) is 4.99 Å². The highest BCUT2D eigenvalue weighted by molar-refractivity contribution is 7.85. The maximum Gasteiger partial charge on any atom is 0.191 e. The number of aliphatic imine (C=N–C) groups is 1. The molecular formula is C20H33N3O2S. The van der Waals surface area contributed by atoms with Gasteiger partial charge in [0.1, 0.15) is 0 Å². The summed E-state index contributed by atoms with van der Waals surface area (Å²) in [7, 11) is 1.01. The molecule has 1 aliphatic rings.